The molecule has 0 saturated heterocycles. The average molecular weight is 143 g/mol. The third kappa shape index (κ3) is 2.37. The van der Waals surface area contributed by atoms with E-state index in [1.165, 1.54) is 5.57 Å². The number of hydrogen-bond acceptors (Lipinski definition) is 3. The minimum absolute atomic E-state index is 0.592. The first kappa shape index (κ1) is 7.57. The monoisotopic (exact) mass is 143 g/mol. The molecule has 0 fully saturated rings. The van der Waals surface area contributed by atoms with Gasteiger partial charge < -0.3 is 9.57 Å². The number of ether oxygens (including phenoxy) is 1. The molecule has 0 bridgehead atoms. The van der Waals surface area contributed by atoms with Gasteiger partial charge in [0.05, 0.1) is 19.5 Å². The van der Waals surface area contributed by atoms with Crippen molar-refractivity contribution in [3.63, 3.8) is 0 Å². The van der Waals surface area contributed by atoms with Crippen LogP contribution in [-0.2, 0) is 9.57 Å². The van der Waals surface area contributed by atoms with Crippen molar-refractivity contribution in [1.82, 2.24) is 0 Å². The fourth-order valence-electron chi connectivity index (χ4n) is 0.992. The van der Waals surface area contributed by atoms with Gasteiger partial charge in [0.1, 0.15) is 0 Å². The predicted molar refractivity (Wildman–Crippen MR) is 38.0 cm³/mol. The van der Waals surface area contributed by atoms with E-state index in [0.717, 1.165) is 25.9 Å². The molecule has 0 unspecified atom stereocenters. The minimum Gasteiger partial charge on any atom is -0.501 e. The Labute approximate surface area is 60.8 Å². The topological polar surface area (TPSA) is 44.5 Å². The van der Waals surface area contributed by atoms with Crippen LogP contribution in [0.15, 0.2) is 11.8 Å². The van der Waals surface area contributed by atoms with Crippen molar-refractivity contribution < 1.29 is 9.57 Å². The van der Waals surface area contributed by atoms with Crippen molar-refractivity contribution in [2.24, 2.45) is 5.90 Å². The first-order valence-corrected chi connectivity index (χ1v) is 3.54. The van der Waals surface area contributed by atoms with Gasteiger partial charge in [0.2, 0.25) is 0 Å². The lowest BCUT2D eigenvalue weighted by atomic mass is 10.1. The van der Waals surface area contributed by atoms with Crippen LogP contribution in [0.1, 0.15) is 19.3 Å². The number of rotatable bonds is 3. The quantitative estimate of drug-likeness (QED) is 0.598. The molecule has 1 rings (SSSR count). The number of nitrogens with two attached hydrogens (primary N) is 1. The second-order valence-electron chi connectivity index (χ2n) is 2.37. The Morgan fingerprint density at radius 3 is 3.20 bits per heavy atom. The molecular weight excluding hydrogens is 130 g/mol. The molecule has 0 aromatic carbocycles. The summed E-state index contributed by atoms with van der Waals surface area (Å²) in [4.78, 5) is 4.45. The van der Waals surface area contributed by atoms with Gasteiger partial charge in [-0.1, -0.05) is 0 Å². The summed E-state index contributed by atoms with van der Waals surface area (Å²) in [7, 11) is 0. The fraction of sp³-hybridized carbons (Fsp3) is 0.714. The Kier molecular flexibility index (Phi) is 3.26. The summed E-state index contributed by atoms with van der Waals surface area (Å²) in [6.45, 7) is 1.45. The van der Waals surface area contributed by atoms with E-state index in [4.69, 9.17) is 10.6 Å². The molecule has 0 amide bonds. The summed E-state index contributed by atoms with van der Waals surface area (Å²) in [5.41, 5.74) is 1.30. The van der Waals surface area contributed by atoms with E-state index < -0.39 is 0 Å². The van der Waals surface area contributed by atoms with Crippen LogP contribution >= 0.6 is 0 Å². The molecule has 0 atom stereocenters. The van der Waals surface area contributed by atoms with Crippen LogP contribution in [0.3, 0.4) is 0 Å². The van der Waals surface area contributed by atoms with Crippen molar-refractivity contribution in [3.8, 4) is 0 Å². The molecule has 10 heavy (non-hydrogen) atoms. The molecule has 3 nitrogen and oxygen atoms in total. The summed E-state index contributed by atoms with van der Waals surface area (Å²) in [5, 5.41) is 0. The minimum atomic E-state index is 0.592. The highest BCUT2D eigenvalue weighted by molar-refractivity contribution is 4.99. The Bertz CT molecular complexity index is 123. The lowest BCUT2D eigenvalue weighted by molar-refractivity contribution is 0.137. The second kappa shape index (κ2) is 4.30. The first-order chi connectivity index (χ1) is 4.93. The third-order valence-electron chi connectivity index (χ3n) is 1.55. The van der Waals surface area contributed by atoms with E-state index in [9.17, 15) is 0 Å². The molecule has 0 spiro atoms. The van der Waals surface area contributed by atoms with Gasteiger partial charge in [-0.2, -0.15) is 0 Å². The molecule has 0 aromatic rings. The Morgan fingerprint density at radius 2 is 2.60 bits per heavy atom. The van der Waals surface area contributed by atoms with Gasteiger partial charge in [0.25, 0.3) is 0 Å². The summed E-state index contributed by atoms with van der Waals surface area (Å²) in [6, 6.07) is 0. The SMILES string of the molecule is NOCCC1=COCCC1. The smallest absolute Gasteiger partial charge is 0.0876 e. The fourth-order valence-corrected chi connectivity index (χ4v) is 0.992. The van der Waals surface area contributed by atoms with E-state index in [1.807, 2.05) is 6.26 Å². The van der Waals surface area contributed by atoms with Crippen LogP contribution in [0.5, 0.6) is 0 Å². The standard InChI is InChI=1S/C7H13NO2/c8-10-5-3-7-2-1-4-9-6-7/h6H,1-5,8H2. The molecule has 1 aliphatic rings. The molecule has 0 aromatic heterocycles. The van der Waals surface area contributed by atoms with Crippen molar-refractivity contribution in [2.45, 2.75) is 19.3 Å². The van der Waals surface area contributed by atoms with Crippen molar-refractivity contribution in [2.75, 3.05) is 13.2 Å². The molecule has 0 radical (unpaired) electrons. The largest absolute Gasteiger partial charge is 0.501 e. The van der Waals surface area contributed by atoms with Gasteiger partial charge >= 0.3 is 0 Å². The molecule has 2 N–H and O–H groups in total. The van der Waals surface area contributed by atoms with Crippen molar-refractivity contribution in [1.29, 1.82) is 0 Å². The predicted octanol–water partition coefficient (Wildman–Crippen LogP) is 0.961. The maximum Gasteiger partial charge on any atom is 0.0876 e. The Hall–Kier alpha value is -0.540. The maximum absolute atomic E-state index is 5.12. The van der Waals surface area contributed by atoms with Crippen LogP contribution in [0, 0.1) is 0 Å². The molecular formula is C7H13NO2. The summed E-state index contributed by atoms with van der Waals surface area (Å²) in [5.74, 6) is 4.88. The van der Waals surface area contributed by atoms with E-state index >= 15 is 0 Å². The molecule has 1 aliphatic heterocycles. The van der Waals surface area contributed by atoms with Gasteiger partial charge in [-0.25, -0.2) is 5.90 Å². The Morgan fingerprint density at radius 1 is 1.70 bits per heavy atom. The number of hydrogen-bond donors (Lipinski definition) is 1. The molecule has 58 valence electrons. The van der Waals surface area contributed by atoms with E-state index in [0.29, 0.717) is 6.61 Å². The molecule has 3 heteroatoms. The van der Waals surface area contributed by atoms with E-state index in [-0.39, 0.29) is 0 Å². The highest BCUT2D eigenvalue weighted by atomic mass is 16.6. The van der Waals surface area contributed by atoms with Gasteiger partial charge in [-0.3, -0.25) is 0 Å². The summed E-state index contributed by atoms with van der Waals surface area (Å²) < 4.78 is 5.12. The zero-order chi connectivity index (χ0) is 7.23. The van der Waals surface area contributed by atoms with Crippen LogP contribution in [0.25, 0.3) is 0 Å². The van der Waals surface area contributed by atoms with Crippen LogP contribution in [-0.4, -0.2) is 13.2 Å². The molecule has 0 saturated carbocycles. The van der Waals surface area contributed by atoms with Crippen LogP contribution in [0.2, 0.25) is 0 Å². The first-order valence-electron chi connectivity index (χ1n) is 3.54. The van der Waals surface area contributed by atoms with Crippen LogP contribution in [0.4, 0.5) is 0 Å². The summed E-state index contributed by atoms with van der Waals surface area (Å²) in [6.07, 6.45) is 4.97. The third-order valence-corrected chi connectivity index (χ3v) is 1.55. The second-order valence-corrected chi connectivity index (χ2v) is 2.37. The normalized spacial score (nSPS) is 17.9. The maximum atomic E-state index is 5.12. The van der Waals surface area contributed by atoms with Gasteiger partial charge in [0.15, 0.2) is 0 Å². The van der Waals surface area contributed by atoms with Crippen molar-refractivity contribution in [3.05, 3.63) is 11.8 Å². The molecule has 0 aliphatic carbocycles. The van der Waals surface area contributed by atoms with Crippen molar-refractivity contribution >= 4 is 0 Å². The molecule has 1 heterocycles. The van der Waals surface area contributed by atoms with Crippen LogP contribution < -0.4 is 5.90 Å². The van der Waals surface area contributed by atoms with E-state index in [1.54, 1.807) is 0 Å². The Balaban J connectivity index is 2.18. The zero-order valence-electron chi connectivity index (χ0n) is 6.01. The average Bonchev–Trinajstić information content (AvgIpc) is 2.03. The highest BCUT2D eigenvalue weighted by Gasteiger charge is 2.02. The summed E-state index contributed by atoms with van der Waals surface area (Å²) >= 11 is 0. The lowest BCUT2D eigenvalue weighted by Gasteiger charge is -2.12. The van der Waals surface area contributed by atoms with Gasteiger partial charge in [0, 0.05) is 0 Å². The van der Waals surface area contributed by atoms with Gasteiger partial charge in [-0.05, 0) is 24.8 Å². The van der Waals surface area contributed by atoms with Gasteiger partial charge in [-0.15, -0.1) is 0 Å². The zero-order valence-corrected chi connectivity index (χ0v) is 6.01. The highest BCUT2D eigenvalue weighted by Crippen LogP contribution is 2.14. The lowest BCUT2D eigenvalue weighted by Crippen LogP contribution is -2.05. The van der Waals surface area contributed by atoms with E-state index in [2.05, 4.69) is 4.84 Å².